The maximum atomic E-state index is 12.5. The molecule has 8 atom stereocenters. The smallest absolute Gasteiger partial charge is 0.333 e. The van der Waals surface area contributed by atoms with Gasteiger partial charge in [-0.25, -0.2) is 9.59 Å². The van der Waals surface area contributed by atoms with Crippen molar-refractivity contribution in [2.24, 2.45) is 22.7 Å². The van der Waals surface area contributed by atoms with E-state index < -0.39 is 18.1 Å². The van der Waals surface area contributed by atoms with Gasteiger partial charge in [0.1, 0.15) is 0 Å². The molecule has 2 aliphatic heterocycles. The maximum absolute atomic E-state index is 12.5. The Labute approximate surface area is 366 Å². The van der Waals surface area contributed by atoms with Crippen LogP contribution in [-0.2, 0) is 47.6 Å². The number of esters is 2. The van der Waals surface area contributed by atoms with Crippen molar-refractivity contribution in [3.05, 3.63) is 33.7 Å². The number of hydrogen-bond acceptors (Lipinski definition) is 14. The van der Waals surface area contributed by atoms with Gasteiger partial charge in [0.05, 0.1) is 76.0 Å². The second kappa shape index (κ2) is 25.6. The lowest BCUT2D eigenvalue weighted by atomic mass is 9.85. The molecular formula is C44H72N8O10. The molecule has 0 aromatic heterocycles. The van der Waals surface area contributed by atoms with Gasteiger partial charge in [-0.1, -0.05) is 17.3 Å². The predicted molar refractivity (Wildman–Crippen MR) is 231 cm³/mol. The quantitative estimate of drug-likeness (QED) is 0.0495. The van der Waals surface area contributed by atoms with Crippen LogP contribution in [0.15, 0.2) is 28.4 Å². The zero-order chi connectivity index (χ0) is 44.4. The van der Waals surface area contributed by atoms with Crippen molar-refractivity contribution in [2.45, 2.75) is 140 Å². The molecule has 0 radical (unpaired) electrons. The Bertz CT molecular complexity index is 1580. The molecule has 6 rings (SSSR count). The number of carbonyl (C=O) groups is 4. The van der Waals surface area contributed by atoms with Crippen LogP contribution in [0, 0.1) is 11.8 Å². The monoisotopic (exact) mass is 873 g/mol. The Hall–Kier alpha value is -3.61. The molecule has 4 N–H and O–H groups in total. The minimum Gasteiger partial charge on any atom is -0.463 e. The summed E-state index contributed by atoms with van der Waals surface area (Å²) in [6.07, 6.45) is 13.6. The van der Waals surface area contributed by atoms with E-state index in [1.54, 1.807) is 13.8 Å². The lowest BCUT2D eigenvalue weighted by molar-refractivity contribution is -0.139. The number of nitrogens with zero attached hydrogens (tertiary/aromatic N) is 5. The van der Waals surface area contributed by atoms with E-state index in [0.29, 0.717) is 57.1 Å². The maximum Gasteiger partial charge on any atom is 0.333 e. The summed E-state index contributed by atoms with van der Waals surface area (Å²) in [6, 6.07) is -2.05. The topological polar surface area (TPSA) is 229 Å². The summed E-state index contributed by atoms with van der Waals surface area (Å²) in [6.45, 7) is 14.2. The summed E-state index contributed by atoms with van der Waals surface area (Å²) in [4.78, 5) is 55.9. The van der Waals surface area contributed by atoms with Gasteiger partial charge in [0.15, 0.2) is 0 Å². The molecule has 2 saturated carbocycles. The van der Waals surface area contributed by atoms with Gasteiger partial charge in [0, 0.05) is 68.3 Å². The molecular weight excluding hydrogens is 801 g/mol. The van der Waals surface area contributed by atoms with E-state index in [2.05, 4.69) is 30.5 Å². The Morgan fingerprint density at radius 1 is 0.726 bits per heavy atom. The number of ether oxygens (including phenoxy) is 6. The molecule has 0 bridgehead atoms. The van der Waals surface area contributed by atoms with Crippen molar-refractivity contribution in [2.75, 3.05) is 79.0 Å². The van der Waals surface area contributed by atoms with E-state index in [4.69, 9.17) is 39.7 Å². The van der Waals surface area contributed by atoms with Crippen molar-refractivity contribution in [3.63, 3.8) is 0 Å². The highest BCUT2D eigenvalue weighted by atomic mass is 16.5. The molecule has 2 amide bonds. The molecule has 62 heavy (non-hydrogen) atoms. The van der Waals surface area contributed by atoms with Crippen molar-refractivity contribution < 1.29 is 47.6 Å². The molecule has 0 aromatic rings. The minimum atomic E-state index is -0.574. The van der Waals surface area contributed by atoms with Crippen LogP contribution in [0.25, 0.3) is 10.4 Å². The van der Waals surface area contributed by atoms with Crippen LogP contribution in [0.2, 0.25) is 0 Å². The van der Waals surface area contributed by atoms with Gasteiger partial charge in [0.2, 0.25) is 11.8 Å². The number of rotatable bonds is 21. The van der Waals surface area contributed by atoms with Crippen LogP contribution in [0.5, 0.6) is 0 Å². The Kier molecular flexibility index (Phi) is 20.4. The molecule has 348 valence electrons. The minimum absolute atomic E-state index is 0.0468. The summed E-state index contributed by atoms with van der Waals surface area (Å²) in [5.41, 5.74) is 16.5. The molecule has 6 aliphatic rings. The second-order valence-corrected chi connectivity index (χ2v) is 17.4. The number of nitrogens with two attached hydrogens (primary N) is 1. The lowest BCUT2D eigenvalue weighted by Gasteiger charge is -2.44. The fourth-order valence-corrected chi connectivity index (χ4v) is 8.77. The number of nitrogens with one attached hydrogen (secondary N) is 2. The number of piperidine rings is 2. The van der Waals surface area contributed by atoms with Gasteiger partial charge < -0.3 is 44.8 Å². The van der Waals surface area contributed by atoms with Crippen LogP contribution in [0.3, 0.4) is 0 Å². The molecule has 18 nitrogen and oxygen atoms in total. The molecule has 4 aliphatic carbocycles. The second-order valence-electron chi connectivity index (χ2n) is 17.4. The van der Waals surface area contributed by atoms with Crippen LogP contribution in [0.4, 0.5) is 0 Å². The fraction of sp³-hybridized carbons (Fsp3) is 0.818. The third-order valence-electron chi connectivity index (χ3n) is 12.2. The van der Waals surface area contributed by atoms with E-state index in [1.165, 1.54) is 39.5 Å². The van der Waals surface area contributed by atoms with Crippen LogP contribution < -0.4 is 16.4 Å². The molecule has 2 heterocycles. The largest absolute Gasteiger partial charge is 0.463 e. The SMILES string of the molecule is CCOC(=O)C1=C[C@@H](N2CCC[C@H](OCCOCC3CC3)C2)[C@H](NC(C)=O)[C@@H](N)C1.CCOC(=O)C1=C[C@@H](N2CCC[C@H](OCCOCC3CC3)C2)[C@H](NC(C)=O)[C@@H](N=[N+]=[N-])C1. The zero-order valence-corrected chi connectivity index (χ0v) is 37.4. The highest BCUT2D eigenvalue weighted by Gasteiger charge is 2.41. The van der Waals surface area contributed by atoms with E-state index in [0.717, 1.165) is 70.4 Å². The molecule has 0 aromatic carbocycles. The van der Waals surface area contributed by atoms with Crippen LogP contribution in [-0.4, -0.2) is 161 Å². The normalized spacial score (nSPS) is 29.1. The van der Waals surface area contributed by atoms with Gasteiger partial charge in [-0.15, -0.1) is 0 Å². The Balaban J connectivity index is 0.000000235. The zero-order valence-electron chi connectivity index (χ0n) is 37.4. The summed E-state index contributed by atoms with van der Waals surface area (Å²) >= 11 is 0. The van der Waals surface area contributed by atoms with Crippen molar-refractivity contribution in [1.82, 2.24) is 20.4 Å². The van der Waals surface area contributed by atoms with Gasteiger partial charge in [-0.3, -0.25) is 19.4 Å². The first kappa shape index (κ1) is 49.4. The summed E-state index contributed by atoms with van der Waals surface area (Å²) in [5.74, 6) is 0.444. The first-order chi connectivity index (χ1) is 30.0. The first-order valence-corrected chi connectivity index (χ1v) is 23.0. The van der Waals surface area contributed by atoms with Gasteiger partial charge in [-0.2, -0.15) is 0 Å². The van der Waals surface area contributed by atoms with Gasteiger partial charge in [0.25, 0.3) is 0 Å². The molecule has 18 heteroatoms. The molecule has 0 unspecified atom stereocenters. The standard InChI is InChI=1S/C22H35N5O5.C22H37N3O5/c1-3-31-22(29)17-11-19(25-26-23)21(24-15(2)28)20(12-17)27-8-4-5-18(13-27)32-10-9-30-14-16-6-7-16;1-3-29-22(27)17-11-19(23)21(24-15(2)26)20(12-17)25-8-4-5-18(13-25)30-10-9-28-14-16-6-7-16/h12,16,18-21H,3-11,13-14H2,1-2H3,(H,24,28);12,16,18-21H,3-11,13-14,23H2,1-2H3,(H,24,26)/t2*18-,19-,20+,21+/m00/s1. The van der Waals surface area contributed by atoms with Crippen molar-refractivity contribution >= 4 is 23.8 Å². The molecule has 2 saturated heterocycles. The number of likely N-dealkylation sites (tertiary alicyclic amines) is 2. The lowest BCUT2D eigenvalue weighted by Crippen LogP contribution is -2.62. The summed E-state index contributed by atoms with van der Waals surface area (Å²) in [7, 11) is 0. The van der Waals surface area contributed by atoms with Gasteiger partial charge in [-0.05, 0) is 109 Å². The van der Waals surface area contributed by atoms with Crippen molar-refractivity contribution in [1.29, 1.82) is 0 Å². The number of hydrogen-bond donors (Lipinski definition) is 3. The van der Waals surface area contributed by atoms with Crippen LogP contribution >= 0.6 is 0 Å². The first-order valence-electron chi connectivity index (χ1n) is 23.0. The summed E-state index contributed by atoms with van der Waals surface area (Å²) < 4.78 is 33.8. The van der Waals surface area contributed by atoms with E-state index in [-0.39, 0.29) is 67.2 Å². The summed E-state index contributed by atoms with van der Waals surface area (Å²) in [5, 5.41) is 9.85. The third kappa shape index (κ3) is 16.2. The van der Waals surface area contributed by atoms with Crippen molar-refractivity contribution in [3.8, 4) is 0 Å². The number of azide groups is 1. The number of amides is 2. The predicted octanol–water partition coefficient (Wildman–Crippen LogP) is 3.33. The molecule has 4 fully saturated rings. The van der Waals surface area contributed by atoms with E-state index >= 15 is 0 Å². The number of carbonyl (C=O) groups excluding carboxylic acids is 4. The average Bonchev–Trinajstić information content (AvgIpc) is 4.20. The fourth-order valence-electron chi connectivity index (χ4n) is 8.77. The van der Waals surface area contributed by atoms with Gasteiger partial charge >= 0.3 is 11.9 Å². The average molecular weight is 873 g/mol. The molecule has 0 spiro atoms. The third-order valence-corrected chi connectivity index (χ3v) is 12.2. The highest BCUT2D eigenvalue weighted by molar-refractivity contribution is 5.89. The Morgan fingerprint density at radius 3 is 1.65 bits per heavy atom. The Morgan fingerprint density at radius 2 is 1.19 bits per heavy atom. The van der Waals surface area contributed by atoms with E-state index in [1.807, 2.05) is 12.2 Å². The highest BCUT2D eigenvalue weighted by Crippen LogP contribution is 2.31. The van der Waals surface area contributed by atoms with E-state index in [9.17, 15) is 19.2 Å². The van der Waals surface area contributed by atoms with Crippen LogP contribution in [0.1, 0.15) is 91.9 Å².